The van der Waals surface area contributed by atoms with E-state index in [1.807, 2.05) is 4.68 Å². The summed E-state index contributed by atoms with van der Waals surface area (Å²) in [7, 11) is 0. The summed E-state index contributed by atoms with van der Waals surface area (Å²) in [5, 5.41) is 16.2. The molecule has 21 heavy (non-hydrogen) atoms. The lowest BCUT2D eigenvalue weighted by Gasteiger charge is -2.28. The molecule has 0 aliphatic carbocycles. The lowest BCUT2D eigenvalue weighted by atomic mass is 10.1. The third kappa shape index (κ3) is 4.17. The molecule has 0 saturated heterocycles. The van der Waals surface area contributed by atoms with E-state index < -0.39 is 0 Å². The van der Waals surface area contributed by atoms with Crippen molar-refractivity contribution in [3.63, 3.8) is 0 Å². The van der Waals surface area contributed by atoms with Crippen LogP contribution in [0.2, 0.25) is 0 Å². The van der Waals surface area contributed by atoms with E-state index >= 15 is 0 Å². The number of carbonyl (C=O) groups excluding carboxylic acids is 1. The Bertz CT molecular complexity index is 440. The zero-order valence-corrected chi connectivity index (χ0v) is 12.7. The van der Waals surface area contributed by atoms with Crippen LogP contribution in [0.5, 0.6) is 0 Å². The lowest BCUT2D eigenvalue weighted by molar-refractivity contribution is 0.181. The third-order valence-electron chi connectivity index (χ3n) is 3.77. The summed E-state index contributed by atoms with van der Waals surface area (Å²) < 4.78 is 1.86. The van der Waals surface area contributed by atoms with Crippen LogP contribution in [-0.2, 0) is 6.54 Å². The Labute approximate surface area is 125 Å². The molecular formula is C14H25N5O2. The SMILES string of the molecule is CCCCN(CCCO)C(=O)NC1CCCn2ncnc21. The summed E-state index contributed by atoms with van der Waals surface area (Å²) >= 11 is 0. The maximum Gasteiger partial charge on any atom is 0.317 e. The van der Waals surface area contributed by atoms with Crippen molar-refractivity contribution in [2.75, 3.05) is 19.7 Å². The number of unbranched alkanes of at least 4 members (excludes halogenated alkanes) is 1. The van der Waals surface area contributed by atoms with Gasteiger partial charge in [0.15, 0.2) is 0 Å². The number of rotatable bonds is 7. The molecular weight excluding hydrogens is 270 g/mol. The van der Waals surface area contributed by atoms with E-state index in [1.165, 1.54) is 0 Å². The number of nitrogens with one attached hydrogen (secondary N) is 1. The summed E-state index contributed by atoms with van der Waals surface area (Å²) in [5.41, 5.74) is 0. The highest BCUT2D eigenvalue weighted by atomic mass is 16.3. The van der Waals surface area contributed by atoms with Gasteiger partial charge in [0.2, 0.25) is 0 Å². The minimum absolute atomic E-state index is 0.0630. The fourth-order valence-electron chi connectivity index (χ4n) is 2.59. The number of aromatic nitrogens is 3. The normalized spacial score (nSPS) is 17.3. The molecule has 0 bridgehead atoms. The zero-order valence-electron chi connectivity index (χ0n) is 12.7. The number of carbonyl (C=O) groups is 1. The van der Waals surface area contributed by atoms with Crippen molar-refractivity contribution in [3.05, 3.63) is 12.2 Å². The number of nitrogens with zero attached hydrogens (tertiary/aromatic N) is 4. The number of urea groups is 1. The van der Waals surface area contributed by atoms with Crippen molar-refractivity contribution in [2.24, 2.45) is 0 Å². The molecule has 7 heteroatoms. The molecule has 2 heterocycles. The van der Waals surface area contributed by atoms with E-state index in [-0.39, 0.29) is 18.7 Å². The second kappa shape index (κ2) is 7.97. The molecule has 7 nitrogen and oxygen atoms in total. The highest BCUT2D eigenvalue weighted by Crippen LogP contribution is 2.22. The molecule has 1 atom stereocenters. The molecule has 1 unspecified atom stereocenters. The summed E-state index contributed by atoms with van der Waals surface area (Å²) in [6.45, 7) is 4.38. The van der Waals surface area contributed by atoms with Crippen molar-refractivity contribution in [2.45, 2.75) is 51.6 Å². The first-order valence-corrected chi connectivity index (χ1v) is 7.80. The van der Waals surface area contributed by atoms with Gasteiger partial charge in [-0.1, -0.05) is 13.3 Å². The second-order valence-electron chi connectivity index (χ2n) is 5.40. The Balaban J connectivity index is 1.95. The smallest absolute Gasteiger partial charge is 0.317 e. The van der Waals surface area contributed by atoms with Crippen molar-refractivity contribution in [1.82, 2.24) is 25.0 Å². The van der Waals surface area contributed by atoms with Gasteiger partial charge in [-0.15, -0.1) is 0 Å². The number of hydrogen-bond acceptors (Lipinski definition) is 4. The first kappa shape index (κ1) is 15.8. The number of amides is 2. The third-order valence-corrected chi connectivity index (χ3v) is 3.77. The Hall–Kier alpha value is -1.63. The summed E-state index contributed by atoms with van der Waals surface area (Å²) in [4.78, 5) is 18.5. The Morgan fingerprint density at radius 1 is 1.52 bits per heavy atom. The summed E-state index contributed by atoms with van der Waals surface area (Å²) in [5.74, 6) is 0.840. The monoisotopic (exact) mass is 295 g/mol. The van der Waals surface area contributed by atoms with Crippen LogP contribution in [0.4, 0.5) is 4.79 Å². The van der Waals surface area contributed by atoms with Gasteiger partial charge in [0.05, 0.1) is 6.04 Å². The minimum atomic E-state index is -0.0710. The zero-order chi connectivity index (χ0) is 15.1. The molecule has 1 aliphatic heterocycles. The van der Waals surface area contributed by atoms with Crippen LogP contribution in [-0.4, -0.2) is 50.5 Å². The van der Waals surface area contributed by atoms with Gasteiger partial charge in [0.1, 0.15) is 12.2 Å². The van der Waals surface area contributed by atoms with E-state index in [0.717, 1.165) is 44.6 Å². The minimum Gasteiger partial charge on any atom is -0.396 e. The van der Waals surface area contributed by atoms with Gasteiger partial charge >= 0.3 is 6.03 Å². The Morgan fingerprint density at radius 3 is 3.10 bits per heavy atom. The number of fused-ring (bicyclic) bond motifs is 1. The highest BCUT2D eigenvalue weighted by molar-refractivity contribution is 5.74. The maximum absolute atomic E-state index is 12.4. The lowest BCUT2D eigenvalue weighted by Crippen LogP contribution is -2.44. The van der Waals surface area contributed by atoms with Crippen molar-refractivity contribution in [3.8, 4) is 0 Å². The fourth-order valence-corrected chi connectivity index (χ4v) is 2.59. The van der Waals surface area contributed by atoms with Gasteiger partial charge in [-0.25, -0.2) is 14.5 Å². The van der Waals surface area contributed by atoms with Gasteiger partial charge in [-0.05, 0) is 25.7 Å². The average Bonchev–Trinajstić information content (AvgIpc) is 2.97. The quantitative estimate of drug-likeness (QED) is 0.794. The maximum atomic E-state index is 12.4. The van der Waals surface area contributed by atoms with Crippen LogP contribution < -0.4 is 5.32 Å². The second-order valence-corrected chi connectivity index (χ2v) is 5.40. The molecule has 2 N–H and O–H groups in total. The number of aryl methyl sites for hydroxylation is 1. The molecule has 0 saturated carbocycles. The van der Waals surface area contributed by atoms with Crippen molar-refractivity contribution >= 4 is 6.03 Å². The molecule has 2 rings (SSSR count). The first-order chi connectivity index (χ1) is 10.3. The van der Waals surface area contributed by atoms with Crippen LogP contribution in [0.15, 0.2) is 6.33 Å². The van der Waals surface area contributed by atoms with Gasteiger partial charge in [0, 0.05) is 26.2 Å². The van der Waals surface area contributed by atoms with Crippen molar-refractivity contribution < 1.29 is 9.90 Å². The van der Waals surface area contributed by atoms with Crippen molar-refractivity contribution in [1.29, 1.82) is 0 Å². The molecule has 0 spiro atoms. The predicted molar refractivity (Wildman–Crippen MR) is 78.7 cm³/mol. The van der Waals surface area contributed by atoms with E-state index in [9.17, 15) is 4.79 Å². The fraction of sp³-hybridized carbons (Fsp3) is 0.786. The van der Waals surface area contributed by atoms with Gasteiger partial charge in [0.25, 0.3) is 0 Å². The Morgan fingerprint density at radius 2 is 2.33 bits per heavy atom. The molecule has 2 amide bonds. The average molecular weight is 295 g/mol. The van der Waals surface area contributed by atoms with Crippen LogP contribution in [0.3, 0.4) is 0 Å². The largest absolute Gasteiger partial charge is 0.396 e. The van der Waals surface area contributed by atoms with Gasteiger partial charge in [-0.2, -0.15) is 5.10 Å². The highest BCUT2D eigenvalue weighted by Gasteiger charge is 2.25. The standard InChI is InChI=1S/C14H25N5O2/c1-2-3-7-18(8-5-10-20)14(21)17-12-6-4-9-19-13(12)15-11-16-19/h11-12,20H,2-10H2,1H3,(H,17,21). The Kier molecular flexibility index (Phi) is 5.98. The first-order valence-electron chi connectivity index (χ1n) is 7.80. The molecule has 1 aromatic rings. The molecule has 0 radical (unpaired) electrons. The van der Waals surface area contributed by atoms with E-state index in [1.54, 1.807) is 11.2 Å². The van der Waals surface area contributed by atoms with Gasteiger partial charge < -0.3 is 15.3 Å². The number of aliphatic hydroxyl groups is 1. The number of aliphatic hydroxyl groups excluding tert-OH is 1. The van der Waals surface area contributed by atoms with Crippen LogP contribution in [0.1, 0.15) is 50.9 Å². The van der Waals surface area contributed by atoms with Gasteiger partial charge in [-0.3, -0.25) is 0 Å². The van der Waals surface area contributed by atoms with E-state index in [2.05, 4.69) is 22.3 Å². The molecule has 1 aromatic heterocycles. The molecule has 0 fully saturated rings. The summed E-state index contributed by atoms with van der Waals surface area (Å²) in [6.07, 6.45) is 6.05. The molecule has 0 aromatic carbocycles. The topological polar surface area (TPSA) is 83.3 Å². The molecule has 118 valence electrons. The number of hydrogen-bond donors (Lipinski definition) is 2. The van der Waals surface area contributed by atoms with E-state index in [0.29, 0.717) is 13.0 Å². The van der Waals surface area contributed by atoms with Crippen LogP contribution in [0.25, 0.3) is 0 Å². The summed E-state index contributed by atoms with van der Waals surface area (Å²) in [6, 6.07) is -0.134. The van der Waals surface area contributed by atoms with Crippen LogP contribution >= 0.6 is 0 Å². The molecule has 1 aliphatic rings. The van der Waals surface area contributed by atoms with E-state index in [4.69, 9.17) is 5.11 Å². The predicted octanol–water partition coefficient (Wildman–Crippen LogP) is 1.31. The van der Waals surface area contributed by atoms with Crippen LogP contribution in [0, 0.1) is 0 Å².